The summed E-state index contributed by atoms with van der Waals surface area (Å²) in [5.41, 5.74) is 7.32. The van der Waals surface area contributed by atoms with E-state index in [2.05, 4.69) is 15.9 Å². The second-order valence-corrected chi connectivity index (χ2v) is 4.61. The zero-order chi connectivity index (χ0) is 13.1. The zero-order valence-electron chi connectivity index (χ0n) is 9.94. The van der Waals surface area contributed by atoms with E-state index in [1.807, 2.05) is 0 Å². The first kappa shape index (κ1) is 13.3. The number of rotatable bonds is 3. The van der Waals surface area contributed by atoms with E-state index in [-0.39, 0.29) is 0 Å². The van der Waals surface area contributed by atoms with E-state index in [1.165, 1.54) is 0 Å². The summed E-state index contributed by atoms with van der Waals surface area (Å²) in [5, 5.41) is 0. The zero-order valence-corrected chi connectivity index (χ0v) is 11.5. The first-order valence-electron chi connectivity index (χ1n) is 5.62. The van der Waals surface area contributed by atoms with Crippen molar-refractivity contribution in [3.05, 3.63) is 27.7 Å². The third kappa shape index (κ3) is 2.66. The highest BCUT2D eigenvalue weighted by molar-refractivity contribution is 9.10. The fourth-order valence-corrected chi connectivity index (χ4v) is 2.24. The molecule has 0 spiro atoms. The standard InChI is InChI=1S/C12H14BrNO4/c1-2-16-11(15)8-5-9(13)7(6-10(8)14)12-17-3-4-18-12/h5-6,12H,2-4,14H2,1H3. The highest BCUT2D eigenvalue weighted by atomic mass is 79.9. The number of hydrogen-bond acceptors (Lipinski definition) is 5. The molecule has 98 valence electrons. The highest BCUT2D eigenvalue weighted by Crippen LogP contribution is 2.33. The maximum Gasteiger partial charge on any atom is 0.340 e. The third-order valence-electron chi connectivity index (χ3n) is 2.54. The van der Waals surface area contributed by atoms with E-state index in [0.29, 0.717) is 35.5 Å². The maximum atomic E-state index is 11.7. The van der Waals surface area contributed by atoms with Gasteiger partial charge in [-0.2, -0.15) is 0 Å². The summed E-state index contributed by atoms with van der Waals surface area (Å²) >= 11 is 3.39. The Kier molecular flexibility index (Phi) is 4.21. The third-order valence-corrected chi connectivity index (χ3v) is 3.23. The van der Waals surface area contributed by atoms with E-state index in [1.54, 1.807) is 19.1 Å². The SMILES string of the molecule is CCOC(=O)c1cc(Br)c(C2OCCO2)cc1N. The Morgan fingerprint density at radius 1 is 1.50 bits per heavy atom. The van der Waals surface area contributed by atoms with Crippen LogP contribution in [-0.2, 0) is 14.2 Å². The van der Waals surface area contributed by atoms with Crippen molar-refractivity contribution in [1.29, 1.82) is 0 Å². The Bertz CT molecular complexity index is 458. The Balaban J connectivity index is 2.31. The molecule has 6 heteroatoms. The predicted molar refractivity (Wildman–Crippen MR) is 69.2 cm³/mol. The average Bonchev–Trinajstić information content (AvgIpc) is 2.85. The van der Waals surface area contributed by atoms with Gasteiger partial charge in [0.05, 0.1) is 25.4 Å². The first-order valence-corrected chi connectivity index (χ1v) is 6.42. The Hall–Kier alpha value is -1.11. The van der Waals surface area contributed by atoms with Gasteiger partial charge in [-0.3, -0.25) is 0 Å². The lowest BCUT2D eigenvalue weighted by atomic mass is 10.1. The number of carbonyl (C=O) groups excluding carboxylic acids is 1. The van der Waals surface area contributed by atoms with Gasteiger partial charge in [-0.1, -0.05) is 15.9 Å². The largest absolute Gasteiger partial charge is 0.462 e. The molecule has 1 fully saturated rings. The van der Waals surface area contributed by atoms with Crippen molar-refractivity contribution in [2.24, 2.45) is 0 Å². The minimum absolute atomic E-state index is 0.312. The molecule has 1 aromatic rings. The molecule has 0 bridgehead atoms. The van der Waals surface area contributed by atoms with Crippen molar-refractivity contribution in [2.75, 3.05) is 25.6 Å². The lowest BCUT2D eigenvalue weighted by Crippen LogP contribution is -2.10. The van der Waals surface area contributed by atoms with E-state index in [9.17, 15) is 4.79 Å². The fraction of sp³-hybridized carbons (Fsp3) is 0.417. The molecule has 0 amide bonds. The number of hydrogen-bond donors (Lipinski definition) is 1. The van der Waals surface area contributed by atoms with Crippen LogP contribution < -0.4 is 5.73 Å². The summed E-state index contributed by atoms with van der Waals surface area (Å²) in [7, 11) is 0. The van der Waals surface area contributed by atoms with Crippen LogP contribution in [0.15, 0.2) is 16.6 Å². The Morgan fingerprint density at radius 3 is 2.78 bits per heavy atom. The monoisotopic (exact) mass is 315 g/mol. The fourth-order valence-electron chi connectivity index (χ4n) is 1.71. The predicted octanol–water partition coefficient (Wildman–Crippen LogP) is 2.25. The number of carbonyl (C=O) groups is 1. The van der Waals surface area contributed by atoms with Crippen LogP contribution in [-0.4, -0.2) is 25.8 Å². The lowest BCUT2D eigenvalue weighted by Gasteiger charge is -2.14. The van der Waals surface area contributed by atoms with Gasteiger partial charge < -0.3 is 19.9 Å². The molecule has 0 aromatic heterocycles. The van der Waals surface area contributed by atoms with Gasteiger partial charge >= 0.3 is 5.97 Å². The summed E-state index contributed by atoms with van der Waals surface area (Å²) in [5.74, 6) is -0.435. The molecule has 1 aliphatic rings. The molecular formula is C12H14BrNO4. The van der Waals surface area contributed by atoms with Gasteiger partial charge in [-0.25, -0.2) is 4.79 Å². The van der Waals surface area contributed by atoms with Crippen LogP contribution >= 0.6 is 15.9 Å². The molecule has 1 saturated heterocycles. The number of anilines is 1. The number of halogens is 1. The quantitative estimate of drug-likeness (QED) is 0.684. The molecule has 1 heterocycles. The van der Waals surface area contributed by atoms with Crippen molar-refractivity contribution in [3.63, 3.8) is 0 Å². The van der Waals surface area contributed by atoms with Crippen LogP contribution in [0, 0.1) is 0 Å². The van der Waals surface area contributed by atoms with E-state index < -0.39 is 12.3 Å². The van der Waals surface area contributed by atoms with Crippen molar-refractivity contribution < 1.29 is 19.0 Å². The molecule has 5 nitrogen and oxygen atoms in total. The Morgan fingerprint density at radius 2 is 2.17 bits per heavy atom. The van der Waals surface area contributed by atoms with Crippen molar-refractivity contribution in [3.8, 4) is 0 Å². The van der Waals surface area contributed by atoms with Gasteiger partial charge in [0.1, 0.15) is 0 Å². The molecule has 2 rings (SSSR count). The van der Waals surface area contributed by atoms with Crippen molar-refractivity contribution in [1.82, 2.24) is 0 Å². The topological polar surface area (TPSA) is 70.8 Å². The molecule has 18 heavy (non-hydrogen) atoms. The average molecular weight is 316 g/mol. The van der Waals surface area contributed by atoms with E-state index in [0.717, 1.165) is 5.56 Å². The second-order valence-electron chi connectivity index (χ2n) is 3.75. The molecule has 0 unspecified atom stereocenters. The van der Waals surface area contributed by atoms with Crippen LogP contribution in [0.4, 0.5) is 5.69 Å². The summed E-state index contributed by atoms with van der Waals surface area (Å²) < 4.78 is 16.4. The summed E-state index contributed by atoms with van der Waals surface area (Å²) in [4.78, 5) is 11.7. The van der Waals surface area contributed by atoms with Crippen LogP contribution in [0.25, 0.3) is 0 Å². The van der Waals surface area contributed by atoms with Gasteiger partial charge in [0.15, 0.2) is 6.29 Å². The number of nitrogens with two attached hydrogens (primary N) is 1. The van der Waals surface area contributed by atoms with Gasteiger partial charge in [0, 0.05) is 15.7 Å². The van der Waals surface area contributed by atoms with Gasteiger partial charge in [0.2, 0.25) is 0 Å². The summed E-state index contributed by atoms with van der Waals surface area (Å²) in [6.07, 6.45) is -0.432. The van der Waals surface area contributed by atoms with Crippen LogP contribution in [0.5, 0.6) is 0 Å². The summed E-state index contributed by atoms with van der Waals surface area (Å²) in [6.45, 7) is 3.16. The van der Waals surface area contributed by atoms with Crippen LogP contribution in [0.1, 0.15) is 29.1 Å². The maximum absolute atomic E-state index is 11.7. The van der Waals surface area contributed by atoms with Crippen molar-refractivity contribution >= 4 is 27.6 Å². The van der Waals surface area contributed by atoms with Gasteiger partial charge in [-0.05, 0) is 19.1 Å². The van der Waals surface area contributed by atoms with Gasteiger partial charge in [-0.15, -0.1) is 0 Å². The lowest BCUT2D eigenvalue weighted by molar-refractivity contribution is -0.0446. The number of ether oxygens (including phenoxy) is 3. The summed E-state index contributed by atoms with van der Waals surface area (Å²) in [6, 6.07) is 3.31. The molecule has 1 aliphatic heterocycles. The molecule has 0 saturated carbocycles. The molecular weight excluding hydrogens is 302 g/mol. The first-order chi connectivity index (χ1) is 8.63. The normalized spacial score (nSPS) is 15.9. The number of esters is 1. The van der Waals surface area contributed by atoms with Crippen molar-refractivity contribution in [2.45, 2.75) is 13.2 Å². The van der Waals surface area contributed by atoms with E-state index >= 15 is 0 Å². The van der Waals surface area contributed by atoms with Gasteiger partial charge in [0.25, 0.3) is 0 Å². The number of benzene rings is 1. The molecule has 0 radical (unpaired) electrons. The number of nitrogen functional groups attached to an aromatic ring is 1. The van der Waals surface area contributed by atoms with Crippen LogP contribution in [0.2, 0.25) is 0 Å². The minimum atomic E-state index is -0.435. The highest BCUT2D eigenvalue weighted by Gasteiger charge is 2.23. The molecule has 2 N–H and O–H groups in total. The van der Waals surface area contributed by atoms with E-state index in [4.69, 9.17) is 19.9 Å². The minimum Gasteiger partial charge on any atom is -0.462 e. The smallest absolute Gasteiger partial charge is 0.340 e. The molecule has 0 aliphatic carbocycles. The second kappa shape index (κ2) is 5.69. The molecule has 1 aromatic carbocycles. The Labute approximate surface area is 113 Å². The molecule has 0 atom stereocenters. The van der Waals surface area contributed by atoms with Crippen LogP contribution in [0.3, 0.4) is 0 Å².